The highest BCUT2D eigenvalue weighted by Crippen LogP contribution is 2.30. The zero-order chi connectivity index (χ0) is 15.5. The van der Waals surface area contributed by atoms with Crippen LogP contribution in [0.15, 0.2) is 30.3 Å². The molecule has 5 nitrogen and oxygen atoms in total. The third-order valence-electron chi connectivity index (χ3n) is 4.21. The van der Waals surface area contributed by atoms with E-state index in [0.717, 1.165) is 12.0 Å². The second kappa shape index (κ2) is 6.26. The minimum Gasteiger partial charge on any atom is -0.481 e. The molecule has 1 amide bonds. The van der Waals surface area contributed by atoms with Crippen LogP contribution in [0.25, 0.3) is 0 Å². The van der Waals surface area contributed by atoms with Gasteiger partial charge < -0.3 is 15.7 Å². The summed E-state index contributed by atoms with van der Waals surface area (Å²) in [6, 6.07) is 9.32. The molecule has 0 spiro atoms. The summed E-state index contributed by atoms with van der Waals surface area (Å²) in [6.07, 6.45) is 1.81. The lowest BCUT2D eigenvalue weighted by molar-refractivity contribution is -0.147. The Hall–Kier alpha value is -1.88. The summed E-state index contributed by atoms with van der Waals surface area (Å²) in [6.45, 7) is 2.40. The summed E-state index contributed by atoms with van der Waals surface area (Å²) >= 11 is 0. The monoisotopic (exact) mass is 290 g/mol. The highest BCUT2D eigenvalue weighted by Gasteiger charge is 2.42. The molecular weight excluding hydrogens is 268 g/mol. The molecular formula is C16H22N2O3. The average Bonchev–Trinajstić information content (AvgIpc) is 2.89. The van der Waals surface area contributed by atoms with E-state index < -0.39 is 17.4 Å². The summed E-state index contributed by atoms with van der Waals surface area (Å²) in [7, 11) is 0. The maximum Gasteiger partial charge on any atom is 0.311 e. The summed E-state index contributed by atoms with van der Waals surface area (Å²) in [5, 5.41) is 9.19. The lowest BCUT2D eigenvalue weighted by atomic mass is 9.90. The van der Waals surface area contributed by atoms with Crippen molar-refractivity contribution in [1.29, 1.82) is 0 Å². The lowest BCUT2D eigenvalue weighted by Gasteiger charge is -2.23. The number of benzene rings is 1. The van der Waals surface area contributed by atoms with Crippen molar-refractivity contribution in [2.45, 2.75) is 32.2 Å². The number of hydrogen-bond donors (Lipinski definition) is 2. The largest absolute Gasteiger partial charge is 0.481 e. The molecule has 2 rings (SSSR count). The van der Waals surface area contributed by atoms with E-state index in [1.807, 2.05) is 30.3 Å². The Balaban J connectivity index is 1.87. The van der Waals surface area contributed by atoms with E-state index in [-0.39, 0.29) is 12.5 Å². The van der Waals surface area contributed by atoms with Crippen molar-refractivity contribution in [1.82, 2.24) is 4.90 Å². The standard InChI is InChI=1S/C16H22N2O3/c1-16(15(20)21)9-10-18(11-16)14(19)13(17)8-7-12-5-3-2-4-6-12/h2-6,13H,7-11,17H2,1H3,(H,20,21)/t13-,16?/m0/s1. The van der Waals surface area contributed by atoms with E-state index in [2.05, 4.69) is 0 Å². The molecule has 1 unspecified atom stereocenters. The minimum atomic E-state index is -0.851. The summed E-state index contributed by atoms with van der Waals surface area (Å²) in [5.74, 6) is -0.994. The molecule has 1 heterocycles. The number of carboxylic acids is 1. The van der Waals surface area contributed by atoms with Crippen LogP contribution in [0.2, 0.25) is 0 Å². The molecule has 0 radical (unpaired) electrons. The molecule has 5 heteroatoms. The number of carbonyl (C=O) groups excluding carboxylic acids is 1. The average molecular weight is 290 g/mol. The van der Waals surface area contributed by atoms with Gasteiger partial charge in [0.25, 0.3) is 0 Å². The van der Waals surface area contributed by atoms with Gasteiger partial charge in [-0.2, -0.15) is 0 Å². The smallest absolute Gasteiger partial charge is 0.311 e. The van der Waals surface area contributed by atoms with Gasteiger partial charge >= 0.3 is 5.97 Å². The third-order valence-corrected chi connectivity index (χ3v) is 4.21. The topological polar surface area (TPSA) is 83.6 Å². The zero-order valence-corrected chi connectivity index (χ0v) is 12.3. The third kappa shape index (κ3) is 3.61. The number of nitrogens with zero attached hydrogens (tertiary/aromatic N) is 1. The van der Waals surface area contributed by atoms with E-state index in [1.54, 1.807) is 11.8 Å². The SMILES string of the molecule is CC1(C(=O)O)CCN(C(=O)[C@@H](N)CCc2ccccc2)C1. The Labute approximate surface area is 124 Å². The minimum absolute atomic E-state index is 0.143. The first-order valence-electron chi connectivity index (χ1n) is 7.24. The van der Waals surface area contributed by atoms with Crippen molar-refractivity contribution >= 4 is 11.9 Å². The number of carboxylic acid groups (broad SMARTS) is 1. The van der Waals surface area contributed by atoms with Crippen LogP contribution in [-0.4, -0.2) is 41.0 Å². The van der Waals surface area contributed by atoms with Crippen LogP contribution >= 0.6 is 0 Å². The molecule has 1 fully saturated rings. The highest BCUT2D eigenvalue weighted by atomic mass is 16.4. The number of aliphatic carboxylic acids is 1. The number of amides is 1. The molecule has 21 heavy (non-hydrogen) atoms. The fourth-order valence-electron chi connectivity index (χ4n) is 2.65. The van der Waals surface area contributed by atoms with E-state index in [4.69, 9.17) is 5.73 Å². The van der Waals surface area contributed by atoms with Gasteiger partial charge in [0.2, 0.25) is 5.91 Å². The molecule has 2 atom stereocenters. The number of aryl methyl sites for hydroxylation is 1. The summed E-state index contributed by atoms with van der Waals surface area (Å²) < 4.78 is 0. The Bertz CT molecular complexity index is 518. The Morgan fingerprint density at radius 2 is 2.05 bits per heavy atom. The van der Waals surface area contributed by atoms with Gasteiger partial charge in [-0.1, -0.05) is 30.3 Å². The molecule has 1 saturated heterocycles. The van der Waals surface area contributed by atoms with Crippen LogP contribution in [0.1, 0.15) is 25.3 Å². The number of rotatable bonds is 5. The van der Waals surface area contributed by atoms with Crippen LogP contribution in [0.5, 0.6) is 0 Å². The van der Waals surface area contributed by atoms with Gasteiger partial charge in [-0.15, -0.1) is 0 Å². The van der Waals surface area contributed by atoms with Gasteiger partial charge in [0.05, 0.1) is 11.5 Å². The second-order valence-electron chi connectivity index (χ2n) is 6.01. The van der Waals surface area contributed by atoms with E-state index in [0.29, 0.717) is 19.4 Å². The first-order valence-corrected chi connectivity index (χ1v) is 7.24. The quantitative estimate of drug-likeness (QED) is 0.855. The second-order valence-corrected chi connectivity index (χ2v) is 6.01. The number of nitrogens with two attached hydrogens (primary N) is 1. The maximum atomic E-state index is 12.3. The molecule has 3 N–H and O–H groups in total. The van der Waals surface area contributed by atoms with Crippen molar-refractivity contribution < 1.29 is 14.7 Å². The van der Waals surface area contributed by atoms with E-state index in [9.17, 15) is 14.7 Å². The fourth-order valence-corrected chi connectivity index (χ4v) is 2.65. The predicted molar refractivity (Wildman–Crippen MR) is 79.7 cm³/mol. The van der Waals surface area contributed by atoms with E-state index >= 15 is 0 Å². The molecule has 1 aliphatic heterocycles. The highest BCUT2D eigenvalue weighted by molar-refractivity contribution is 5.84. The van der Waals surface area contributed by atoms with Gasteiger partial charge in [-0.25, -0.2) is 0 Å². The number of hydrogen-bond acceptors (Lipinski definition) is 3. The van der Waals surface area contributed by atoms with Crippen molar-refractivity contribution in [2.75, 3.05) is 13.1 Å². The molecule has 0 saturated carbocycles. The van der Waals surface area contributed by atoms with Crippen molar-refractivity contribution in [3.8, 4) is 0 Å². The van der Waals surface area contributed by atoms with Gasteiger partial charge in [-0.3, -0.25) is 9.59 Å². The van der Waals surface area contributed by atoms with Crippen molar-refractivity contribution in [2.24, 2.45) is 11.1 Å². The van der Waals surface area contributed by atoms with Crippen LogP contribution < -0.4 is 5.73 Å². The lowest BCUT2D eigenvalue weighted by Crippen LogP contribution is -2.44. The van der Waals surface area contributed by atoms with Crippen molar-refractivity contribution in [3.05, 3.63) is 35.9 Å². The normalized spacial score (nSPS) is 23.0. The van der Waals surface area contributed by atoms with Gasteiger partial charge in [0.1, 0.15) is 0 Å². The van der Waals surface area contributed by atoms with Crippen LogP contribution in [0.4, 0.5) is 0 Å². The summed E-state index contributed by atoms with van der Waals surface area (Å²) in [5.41, 5.74) is 6.28. The van der Waals surface area contributed by atoms with E-state index in [1.165, 1.54) is 0 Å². The van der Waals surface area contributed by atoms with Gasteiger partial charge in [0.15, 0.2) is 0 Å². The Morgan fingerprint density at radius 1 is 1.38 bits per heavy atom. The molecule has 1 aromatic rings. The van der Waals surface area contributed by atoms with Crippen LogP contribution in [0.3, 0.4) is 0 Å². The molecule has 0 aliphatic carbocycles. The van der Waals surface area contributed by atoms with Crippen LogP contribution in [0, 0.1) is 5.41 Å². The van der Waals surface area contributed by atoms with Gasteiger partial charge in [-0.05, 0) is 31.7 Å². The Morgan fingerprint density at radius 3 is 2.62 bits per heavy atom. The summed E-state index contributed by atoms with van der Waals surface area (Å²) in [4.78, 5) is 25.1. The molecule has 114 valence electrons. The molecule has 1 aliphatic rings. The van der Waals surface area contributed by atoms with Crippen LogP contribution in [-0.2, 0) is 16.0 Å². The fraction of sp³-hybridized carbons (Fsp3) is 0.500. The maximum absolute atomic E-state index is 12.3. The predicted octanol–water partition coefficient (Wildman–Crippen LogP) is 1.27. The molecule has 0 aromatic heterocycles. The van der Waals surface area contributed by atoms with Gasteiger partial charge in [0, 0.05) is 13.1 Å². The molecule has 1 aromatic carbocycles. The first-order chi connectivity index (χ1) is 9.92. The number of likely N-dealkylation sites (tertiary alicyclic amines) is 1. The van der Waals surface area contributed by atoms with Crippen molar-refractivity contribution in [3.63, 3.8) is 0 Å². The zero-order valence-electron chi connectivity index (χ0n) is 12.3. The number of carbonyl (C=O) groups is 2. The first kappa shape index (κ1) is 15.5. The molecule has 0 bridgehead atoms. The Kier molecular flexibility index (Phi) is 4.63.